The Morgan fingerprint density at radius 1 is 1.19 bits per heavy atom. The first-order valence-corrected chi connectivity index (χ1v) is 8.92. The summed E-state index contributed by atoms with van der Waals surface area (Å²) < 4.78 is 18.5. The number of methoxy groups -OCH3 is 1. The summed E-state index contributed by atoms with van der Waals surface area (Å²) in [4.78, 5) is 16.8. The van der Waals surface area contributed by atoms with Gasteiger partial charge in [-0.15, -0.1) is 0 Å². The normalized spacial score (nSPS) is 21.3. The predicted octanol–water partition coefficient (Wildman–Crippen LogP) is 3.20. The summed E-state index contributed by atoms with van der Waals surface area (Å²) in [5.41, 5.74) is 1.16. The van der Waals surface area contributed by atoms with Crippen molar-refractivity contribution in [1.29, 1.82) is 0 Å². The van der Waals surface area contributed by atoms with Crippen molar-refractivity contribution in [1.82, 2.24) is 4.90 Å². The number of rotatable bonds is 5. The number of aromatic hydroxyl groups is 1. The summed E-state index contributed by atoms with van der Waals surface area (Å²) in [7, 11) is 1.65. The van der Waals surface area contributed by atoms with Crippen LogP contribution in [-0.2, 0) is 0 Å². The van der Waals surface area contributed by atoms with E-state index < -0.39 is 11.6 Å². The number of ketones is 1. The first-order chi connectivity index (χ1) is 13.0. The highest BCUT2D eigenvalue weighted by Crippen LogP contribution is 2.35. The van der Waals surface area contributed by atoms with Crippen molar-refractivity contribution in [2.75, 3.05) is 25.1 Å². The number of fused-ring (bicyclic) bond motifs is 2. The molecule has 2 aliphatic rings. The van der Waals surface area contributed by atoms with Gasteiger partial charge < -0.3 is 19.6 Å². The number of carbonyl (C=O) groups excluding carboxylic acids is 1. The minimum Gasteiger partial charge on any atom is -0.507 e. The number of benzene rings is 2. The van der Waals surface area contributed by atoms with E-state index in [1.54, 1.807) is 13.3 Å². The molecule has 0 saturated carbocycles. The average molecular weight is 368 g/mol. The molecule has 0 aliphatic carbocycles. The van der Waals surface area contributed by atoms with E-state index in [1.807, 2.05) is 12.1 Å². The van der Waals surface area contributed by atoms with Gasteiger partial charge >= 0.3 is 0 Å². The van der Waals surface area contributed by atoms with E-state index in [2.05, 4.69) is 21.9 Å². The van der Waals surface area contributed by atoms with Gasteiger partial charge in [-0.05, 0) is 48.9 Å². The highest BCUT2D eigenvalue weighted by Gasteiger charge is 2.42. The third-order valence-corrected chi connectivity index (χ3v) is 5.33. The fourth-order valence-electron chi connectivity index (χ4n) is 3.93. The topological polar surface area (TPSA) is 53.0 Å². The van der Waals surface area contributed by atoms with Gasteiger partial charge in [-0.25, -0.2) is 4.39 Å². The molecule has 2 bridgehead atoms. The fourth-order valence-corrected chi connectivity index (χ4v) is 3.93. The van der Waals surface area contributed by atoms with E-state index in [4.69, 9.17) is 4.74 Å². The molecule has 2 saturated heterocycles. The number of ether oxygens (including phenoxy) is 1. The maximum atomic E-state index is 13.3. The molecule has 0 unspecified atom stereocenters. The molecule has 140 valence electrons. The van der Waals surface area contributed by atoms with Crippen LogP contribution >= 0.6 is 0 Å². The number of carbonyl (C=O) groups is 1. The molecule has 2 aliphatic heterocycles. The molecule has 4 rings (SSSR count). The van der Waals surface area contributed by atoms with E-state index >= 15 is 0 Å². The van der Waals surface area contributed by atoms with Crippen LogP contribution in [0.1, 0.15) is 16.8 Å². The Morgan fingerprint density at radius 3 is 2.63 bits per heavy atom. The standard InChI is InChI=1S/C21H21FN2O3/c1-27-18-5-3-15(4-6-18)24-13-16-11-17(24)12-23(16)9-8-21(26)19-10-14(22)2-7-20(19)25/h2-10,16-17,25H,11-13H2,1H3/b9-8+/t16-,17-/m1/s1. The molecule has 2 fully saturated rings. The number of likely N-dealkylation sites (tertiary alicyclic amines) is 1. The third kappa shape index (κ3) is 3.35. The summed E-state index contributed by atoms with van der Waals surface area (Å²) in [6.07, 6.45) is 4.21. The first-order valence-electron chi connectivity index (χ1n) is 8.92. The second-order valence-corrected chi connectivity index (χ2v) is 6.93. The number of nitrogens with zero attached hydrogens (tertiary/aromatic N) is 2. The predicted molar refractivity (Wildman–Crippen MR) is 101 cm³/mol. The number of anilines is 1. The Kier molecular flexibility index (Phi) is 4.48. The van der Waals surface area contributed by atoms with Gasteiger partial charge in [0.25, 0.3) is 0 Å². The van der Waals surface area contributed by atoms with Crippen LogP contribution in [-0.4, -0.2) is 48.1 Å². The summed E-state index contributed by atoms with van der Waals surface area (Å²) in [6, 6.07) is 12.2. The number of piperazine rings is 1. The molecule has 5 nitrogen and oxygen atoms in total. The number of halogens is 1. The van der Waals surface area contributed by atoms with Crippen LogP contribution in [0.3, 0.4) is 0 Å². The van der Waals surface area contributed by atoms with Crippen LogP contribution in [0, 0.1) is 5.82 Å². The molecule has 2 aromatic rings. The van der Waals surface area contributed by atoms with Gasteiger partial charge in [0.2, 0.25) is 0 Å². The van der Waals surface area contributed by atoms with E-state index in [1.165, 1.54) is 17.8 Å². The third-order valence-electron chi connectivity index (χ3n) is 5.33. The zero-order valence-electron chi connectivity index (χ0n) is 15.0. The smallest absolute Gasteiger partial charge is 0.191 e. The van der Waals surface area contributed by atoms with E-state index in [0.717, 1.165) is 37.4 Å². The minimum absolute atomic E-state index is 0.0181. The number of hydrogen-bond donors (Lipinski definition) is 1. The maximum Gasteiger partial charge on any atom is 0.191 e. The second kappa shape index (κ2) is 6.95. The lowest BCUT2D eigenvalue weighted by atomic mass is 10.1. The monoisotopic (exact) mass is 368 g/mol. The van der Waals surface area contributed by atoms with Crippen LogP contribution in [0.4, 0.5) is 10.1 Å². The van der Waals surface area contributed by atoms with Gasteiger partial charge in [0.15, 0.2) is 5.78 Å². The van der Waals surface area contributed by atoms with Gasteiger partial charge in [-0.2, -0.15) is 0 Å². The van der Waals surface area contributed by atoms with Gasteiger partial charge in [-0.3, -0.25) is 4.79 Å². The zero-order valence-corrected chi connectivity index (χ0v) is 15.0. The molecular weight excluding hydrogens is 347 g/mol. The molecule has 1 N–H and O–H groups in total. The first kappa shape index (κ1) is 17.4. The molecular formula is C21H21FN2O3. The van der Waals surface area contributed by atoms with Crippen molar-refractivity contribution < 1.29 is 19.0 Å². The van der Waals surface area contributed by atoms with Gasteiger partial charge in [0.05, 0.1) is 12.7 Å². The Hall–Kier alpha value is -3.02. The number of allylic oxidation sites excluding steroid dienone is 1. The Labute approximate surface area is 157 Å². The maximum absolute atomic E-state index is 13.3. The number of phenols is 1. The molecule has 0 spiro atoms. The van der Waals surface area contributed by atoms with Crippen molar-refractivity contribution in [3.05, 3.63) is 66.1 Å². The van der Waals surface area contributed by atoms with Crippen LogP contribution in [0.25, 0.3) is 0 Å². The second-order valence-electron chi connectivity index (χ2n) is 6.93. The van der Waals surface area contributed by atoms with Crippen LogP contribution in [0.15, 0.2) is 54.7 Å². The molecule has 27 heavy (non-hydrogen) atoms. The molecule has 0 radical (unpaired) electrons. The summed E-state index contributed by atoms with van der Waals surface area (Å²) >= 11 is 0. The highest BCUT2D eigenvalue weighted by molar-refractivity contribution is 6.06. The van der Waals surface area contributed by atoms with Gasteiger partial charge in [0, 0.05) is 43.1 Å². The summed E-state index contributed by atoms with van der Waals surface area (Å²) in [5.74, 6) is -0.312. The molecule has 0 amide bonds. The van der Waals surface area contributed by atoms with Gasteiger partial charge in [0.1, 0.15) is 17.3 Å². The average Bonchev–Trinajstić information content (AvgIpc) is 3.28. The number of hydrogen-bond acceptors (Lipinski definition) is 5. The van der Waals surface area contributed by atoms with Crippen molar-refractivity contribution in [3.8, 4) is 11.5 Å². The quantitative estimate of drug-likeness (QED) is 0.649. The van der Waals surface area contributed by atoms with Crippen molar-refractivity contribution in [2.45, 2.75) is 18.5 Å². The lowest BCUT2D eigenvalue weighted by Gasteiger charge is -2.35. The minimum atomic E-state index is -0.542. The van der Waals surface area contributed by atoms with E-state index in [9.17, 15) is 14.3 Å². The fraction of sp³-hybridized carbons (Fsp3) is 0.286. The largest absolute Gasteiger partial charge is 0.507 e. The summed E-state index contributed by atoms with van der Waals surface area (Å²) in [5, 5.41) is 9.75. The van der Waals surface area contributed by atoms with Crippen molar-refractivity contribution in [2.24, 2.45) is 0 Å². The lowest BCUT2D eigenvalue weighted by Crippen LogP contribution is -2.44. The summed E-state index contributed by atoms with van der Waals surface area (Å²) in [6.45, 7) is 1.72. The Bertz CT molecular complexity index is 881. The van der Waals surface area contributed by atoms with Crippen LogP contribution in [0.2, 0.25) is 0 Å². The number of phenolic OH excluding ortho intramolecular Hbond substituents is 1. The van der Waals surface area contributed by atoms with Crippen LogP contribution in [0.5, 0.6) is 11.5 Å². The SMILES string of the molecule is COc1ccc(N2C[C@H]3C[C@@H]2CN3/C=C/C(=O)c2cc(F)ccc2O)cc1. The highest BCUT2D eigenvalue weighted by atomic mass is 19.1. The van der Waals surface area contributed by atoms with Crippen molar-refractivity contribution in [3.63, 3.8) is 0 Å². The molecule has 2 heterocycles. The zero-order chi connectivity index (χ0) is 19.0. The molecule has 6 heteroatoms. The molecule has 0 aromatic heterocycles. The van der Waals surface area contributed by atoms with Gasteiger partial charge in [-0.1, -0.05) is 0 Å². The van der Waals surface area contributed by atoms with Crippen molar-refractivity contribution >= 4 is 11.5 Å². The van der Waals surface area contributed by atoms with E-state index in [0.29, 0.717) is 12.1 Å². The van der Waals surface area contributed by atoms with Crippen LogP contribution < -0.4 is 9.64 Å². The molecule has 2 atom stereocenters. The Balaban J connectivity index is 1.41. The lowest BCUT2D eigenvalue weighted by molar-refractivity contribution is 0.104. The van der Waals surface area contributed by atoms with E-state index in [-0.39, 0.29) is 11.3 Å². The Morgan fingerprint density at radius 2 is 1.96 bits per heavy atom. The molecule has 2 aromatic carbocycles.